The third kappa shape index (κ3) is 3.27. The van der Waals surface area contributed by atoms with E-state index in [1.807, 2.05) is 0 Å². The molecule has 19 heavy (non-hydrogen) atoms. The summed E-state index contributed by atoms with van der Waals surface area (Å²) < 4.78 is 0. The Morgan fingerprint density at radius 2 is 1.95 bits per heavy atom. The van der Waals surface area contributed by atoms with Gasteiger partial charge >= 0.3 is 0 Å². The predicted molar refractivity (Wildman–Crippen MR) is 81.1 cm³/mol. The molecule has 1 fully saturated rings. The third-order valence-corrected chi connectivity index (χ3v) is 5.15. The minimum atomic E-state index is 0.117. The van der Waals surface area contributed by atoms with Gasteiger partial charge in [-0.15, -0.1) is 0 Å². The first-order valence-corrected chi connectivity index (χ1v) is 8.08. The molecule has 1 atom stereocenters. The van der Waals surface area contributed by atoms with Gasteiger partial charge in [0.15, 0.2) is 5.13 Å². The minimum absolute atomic E-state index is 0.117. The van der Waals surface area contributed by atoms with Crippen LogP contribution in [0.4, 0.5) is 5.13 Å². The number of thiazole rings is 1. The van der Waals surface area contributed by atoms with Gasteiger partial charge < -0.3 is 14.9 Å². The highest BCUT2D eigenvalue weighted by Crippen LogP contribution is 2.32. The Labute approximate surface area is 120 Å². The van der Waals surface area contributed by atoms with E-state index in [2.05, 4.69) is 30.6 Å². The highest BCUT2D eigenvalue weighted by Gasteiger charge is 2.22. The maximum Gasteiger partial charge on any atom is 0.185 e. The number of hydrogen-bond donors (Lipinski definition) is 1. The van der Waals surface area contributed by atoms with Crippen LogP contribution in [-0.4, -0.2) is 47.7 Å². The fourth-order valence-electron chi connectivity index (χ4n) is 2.43. The molecule has 1 aliphatic heterocycles. The molecule has 0 aromatic carbocycles. The molecule has 1 aromatic rings. The van der Waals surface area contributed by atoms with Gasteiger partial charge in [-0.1, -0.05) is 32.1 Å². The van der Waals surface area contributed by atoms with Gasteiger partial charge in [0.05, 0.1) is 17.2 Å². The molecule has 2 rings (SSSR count). The number of nitrogens with zero attached hydrogens (tertiary/aromatic N) is 3. The summed E-state index contributed by atoms with van der Waals surface area (Å²) in [5, 5.41) is 10.6. The maximum atomic E-state index is 9.50. The second kappa shape index (κ2) is 6.68. The van der Waals surface area contributed by atoms with Crippen molar-refractivity contribution >= 4 is 16.5 Å². The summed E-state index contributed by atoms with van der Waals surface area (Å²) in [6.45, 7) is 12.1. The first-order valence-electron chi connectivity index (χ1n) is 7.27. The van der Waals surface area contributed by atoms with Crippen molar-refractivity contribution in [2.75, 3.05) is 37.6 Å². The molecule has 0 spiro atoms. The van der Waals surface area contributed by atoms with Crippen LogP contribution in [-0.2, 0) is 6.61 Å². The molecule has 0 bridgehead atoms. The summed E-state index contributed by atoms with van der Waals surface area (Å²) in [5.74, 6) is 0.434. The van der Waals surface area contributed by atoms with Gasteiger partial charge in [0.1, 0.15) is 0 Å². The summed E-state index contributed by atoms with van der Waals surface area (Å²) in [4.78, 5) is 10.7. The van der Waals surface area contributed by atoms with Crippen molar-refractivity contribution in [2.24, 2.45) is 0 Å². The molecule has 108 valence electrons. The zero-order valence-electron chi connectivity index (χ0n) is 12.2. The topological polar surface area (TPSA) is 39.6 Å². The Kier molecular flexibility index (Phi) is 5.19. The SMILES string of the molecule is CCC(C)c1nc(N2CCN(CC)CC2)sc1CO. The summed E-state index contributed by atoms with van der Waals surface area (Å²) in [6, 6.07) is 0. The van der Waals surface area contributed by atoms with E-state index in [1.165, 1.54) is 0 Å². The van der Waals surface area contributed by atoms with Crippen LogP contribution in [0.25, 0.3) is 0 Å². The normalized spacial score (nSPS) is 18.8. The van der Waals surface area contributed by atoms with E-state index in [0.717, 1.165) is 54.8 Å². The maximum absolute atomic E-state index is 9.50. The largest absolute Gasteiger partial charge is 0.391 e. The third-order valence-electron chi connectivity index (χ3n) is 4.03. The minimum Gasteiger partial charge on any atom is -0.391 e. The lowest BCUT2D eigenvalue weighted by Gasteiger charge is -2.33. The molecule has 0 aliphatic carbocycles. The molecular formula is C14H25N3OS. The Morgan fingerprint density at radius 1 is 1.26 bits per heavy atom. The van der Waals surface area contributed by atoms with Crippen LogP contribution in [0.1, 0.15) is 43.7 Å². The van der Waals surface area contributed by atoms with Gasteiger partial charge in [-0.25, -0.2) is 4.98 Å². The molecule has 1 saturated heterocycles. The smallest absolute Gasteiger partial charge is 0.185 e. The zero-order chi connectivity index (χ0) is 13.8. The number of anilines is 1. The van der Waals surface area contributed by atoms with Crippen LogP contribution in [0.5, 0.6) is 0 Å². The summed E-state index contributed by atoms with van der Waals surface area (Å²) in [6.07, 6.45) is 1.07. The number of aromatic nitrogens is 1. The van der Waals surface area contributed by atoms with E-state index < -0.39 is 0 Å². The van der Waals surface area contributed by atoms with Gasteiger partial charge in [0.2, 0.25) is 0 Å². The van der Waals surface area contributed by atoms with E-state index >= 15 is 0 Å². The molecule has 4 nitrogen and oxygen atoms in total. The second-order valence-electron chi connectivity index (χ2n) is 5.19. The number of aliphatic hydroxyl groups excluding tert-OH is 1. The Balaban J connectivity index is 2.11. The molecule has 1 aromatic heterocycles. The van der Waals surface area contributed by atoms with E-state index in [9.17, 15) is 5.11 Å². The monoisotopic (exact) mass is 283 g/mol. The van der Waals surface area contributed by atoms with Crippen molar-refractivity contribution in [1.29, 1.82) is 0 Å². The first-order chi connectivity index (χ1) is 9.19. The molecule has 1 N–H and O–H groups in total. The molecule has 0 saturated carbocycles. The average molecular weight is 283 g/mol. The van der Waals surface area contributed by atoms with Crippen molar-refractivity contribution < 1.29 is 5.11 Å². The lowest BCUT2D eigenvalue weighted by atomic mass is 10.0. The van der Waals surface area contributed by atoms with Gasteiger partial charge in [0, 0.05) is 26.2 Å². The molecule has 0 radical (unpaired) electrons. The number of hydrogen-bond acceptors (Lipinski definition) is 5. The fourth-order valence-corrected chi connectivity index (χ4v) is 3.52. The number of piperazine rings is 1. The standard InChI is InChI=1S/C14H25N3OS/c1-4-11(3)13-12(10-18)19-14(15-13)17-8-6-16(5-2)7-9-17/h11,18H,4-10H2,1-3H3. The van der Waals surface area contributed by atoms with Crippen LogP contribution >= 0.6 is 11.3 Å². The van der Waals surface area contributed by atoms with Crippen molar-refractivity contribution in [2.45, 2.75) is 39.7 Å². The Morgan fingerprint density at radius 3 is 2.47 bits per heavy atom. The van der Waals surface area contributed by atoms with Crippen LogP contribution in [0.2, 0.25) is 0 Å². The van der Waals surface area contributed by atoms with Gasteiger partial charge in [-0.3, -0.25) is 0 Å². The summed E-state index contributed by atoms with van der Waals surface area (Å²) >= 11 is 1.66. The number of aliphatic hydroxyl groups is 1. The van der Waals surface area contributed by atoms with Crippen LogP contribution < -0.4 is 4.90 Å². The highest BCUT2D eigenvalue weighted by atomic mass is 32.1. The average Bonchev–Trinajstić information content (AvgIpc) is 2.90. The van der Waals surface area contributed by atoms with Crippen molar-refractivity contribution in [1.82, 2.24) is 9.88 Å². The van der Waals surface area contributed by atoms with Crippen molar-refractivity contribution in [3.8, 4) is 0 Å². The van der Waals surface area contributed by atoms with E-state index in [4.69, 9.17) is 4.98 Å². The van der Waals surface area contributed by atoms with Crippen LogP contribution in [0.15, 0.2) is 0 Å². The van der Waals surface area contributed by atoms with Crippen molar-refractivity contribution in [3.63, 3.8) is 0 Å². The Bertz CT molecular complexity index is 399. The first kappa shape index (κ1) is 14.8. The highest BCUT2D eigenvalue weighted by molar-refractivity contribution is 7.15. The number of rotatable bonds is 5. The molecule has 1 unspecified atom stereocenters. The van der Waals surface area contributed by atoms with Crippen LogP contribution in [0.3, 0.4) is 0 Å². The zero-order valence-corrected chi connectivity index (χ0v) is 13.0. The van der Waals surface area contributed by atoms with Gasteiger partial charge in [-0.05, 0) is 18.9 Å². The van der Waals surface area contributed by atoms with Crippen molar-refractivity contribution in [3.05, 3.63) is 10.6 Å². The number of likely N-dealkylation sites (N-methyl/N-ethyl adjacent to an activating group) is 1. The van der Waals surface area contributed by atoms with Gasteiger partial charge in [0.25, 0.3) is 0 Å². The molecule has 0 amide bonds. The molecule has 5 heteroatoms. The van der Waals surface area contributed by atoms with E-state index in [0.29, 0.717) is 5.92 Å². The van der Waals surface area contributed by atoms with E-state index in [-0.39, 0.29) is 6.61 Å². The van der Waals surface area contributed by atoms with Gasteiger partial charge in [-0.2, -0.15) is 0 Å². The Hall–Kier alpha value is -0.650. The summed E-state index contributed by atoms with van der Waals surface area (Å²) in [7, 11) is 0. The lowest BCUT2D eigenvalue weighted by molar-refractivity contribution is 0.271. The quantitative estimate of drug-likeness (QED) is 0.900. The fraction of sp³-hybridized carbons (Fsp3) is 0.786. The van der Waals surface area contributed by atoms with Crippen LogP contribution in [0, 0.1) is 0 Å². The second-order valence-corrected chi connectivity index (χ2v) is 6.26. The molecular weight excluding hydrogens is 258 g/mol. The van der Waals surface area contributed by atoms with E-state index in [1.54, 1.807) is 11.3 Å². The predicted octanol–water partition coefficient (Wildman–Crippen LogP) is 2.29. The molecule has 2 heterocycles. The summed E-state index contributed by atoms with van der Waals surface area (Å²) in [5.41, 5.74) is 1.10. The lowest BCUT2D eigenvalue weighted by Crippen LogP contribution is -2.46. The molecule has 1 aliphatic rings.